The molecular weight excluding hydrogens is 244 g/mol. The van der Waals surface area contributed by atoms with Gasteiger partial charge in [0.1, 0.15) is 0 Å². The van der Waals surface area contributed by atoms with E-state index in [0.29, 0.717) is 5.92 Å². The molecule has 0 spiro atoms. The lowest BCUT2D eigenvalue weighted by Crippen LogP contribution is -2.01. The Hall–Kier alpha value is -2.48. The predicted molar refractivity (Wildman–Crippen MR) is 79.5 cm³/mol. The third-order valence-corrected chi connectivity index (χ3v) is 3.99. The van der Waals surface area contributed by atoms with Crippen LogP contribution in [0.3, 0.4) is 0 Å². The molecule has 0 saturated carbocycles. The minimum atomic E-state index is 0.400. The third-order valence-electron chi connectivity index (χ3n) is 3.99. The van der Waals surface area contributed by atoms with E-state index in [1.807, 2.05) is 24.7 Å². The molecule has 1 aromatic carbocycles. The maximum absolute atomic E-state index is 4.58. The molecule has 1 atom stereocenters. The number of nitrogens with zero attached hydrogens (tertiary/aromatic N) is 2. The molecule has 3 aromatic rings. The summed E-state index contributed by atoms with van der Waals surface area (Å²) in [6.07, 6.45) is 6.60. The molecule has 0 unspecified atom stereocenters. The van der Waals surface area contributed by atoms with Crippen LogP contribution in [0.5, 0.6) is 0 Å². The van der Waals surface area contributed by atoms with Gasteiger partial charge in [0.25, 0.3) is 0 Å². The smallest absolute Gasteiger partial charge is 0.0743 e. The minimum absolute atomic E-state index is 0.400. The van der Waals surface area contributed by atoms with Gasteiger partial charge in [-0.25, -0.2) is 0 Å². The number of benzene rings is 1. The van der Waals surface area contributed by atoms with Crippen LogP contribution in [-0.2, 0) is 6.42 Å². The highest BCUT2D eigenvalue weighted by Crippen LogP contribution is 2.44. The summed E-state index contributed by atoms with van der Waals surface area (Å²) in [7, 11) is 0. The predicted octanol–water partition coefficient (Wildman–Crippen LogP) is 3.83. The van der Waals surface area contributed by atoms with Crippen molar-refractivity contribution in [1.29, 1.82) is 0 Å². The largest absolute Gasteiger partial charge is 0.265 e. The van der Waals surface area contributed by atoms with Crippen molar-refractivity contribution >= 4 is 0 Å². The minimum Gasteiger partial charge on any atom is -0.265 e. The number of hydrogen-bond acceptors (Lipinski definition) is 2. The van der Waals surface area contributed by atoms with Gasteiger partial charge >= 0.3 is 0 Å². The molecule has 0 amide bonds. The monoisotopic (exact) mass is 258 g/mol. The van der Waals surface area contributed by atoms with Gasteiger partial charge in [0.2, 0.25) is 0 Å². The van der Waals surface area contributed by atoms with Crippen molar-refractivity contribution in [2.24, 2.45) is 0 Å². The molecule has 0 N–H and O–H groups in total. The van der Waals surface area contributed by atoms with E-state index in [4.69, 9.17) is 0 Å². The first-order chi connectivity index (χ1) is 9.93. The fraction of sp³-hybridized carbons (Fsp3) is 0.111. The van der Waals surface area contributed by atoms with E-state index in [9.17, 15) is 0 Å². The molecule has 0 radical (unpaired) electrons. The topological polar surface area (TPSA) is 25.8 Å². The third kappa shape index (κ3) is 1.73. The molecule has 1 aliphatic carbocycles. The van der Waals surface area contributed by atoms with Gasteiger partial charge in [-0.05, 0) is 41.3 Å². The molecular formula is C18H14N2. The number of pyridine rings is 2. The van der Waals surface area contributed by atoms with E-state index in [1.165, 1.54) is 22.3 Å². The molecule has 0 fully saturated rings. The molecule has 2 heterocycles. The Balaban J connectivity index is 1.83. The first-order valence-electron chi connectivity index (χ1n) is 6.86. The van der Waals surface area contributed by atoms with Crippen LogP contribution in [0.15, 0.2) is 67.1 Å². The standard InChI is InChI=1S/C18H14N2/c1-2-5-15-14(4-1)17(12-13-7-10-19-11-8-13)16-6-3-9-20-18(15)16/h1-11,17H,12H2/t17-/m0/s1. The van der Waals surface area contributed by atoms with E-state index in [1.54, 1.807) is 0 Å². The van der Waals surface area contributed by atoms with Crippen LogP contribution in [0, 0.1) is 0 Å². The van der Waals surface area contributed by atoms with Crippen LogP contribution in [0.1, 0.15) is 22.6 Å². The van der Waals surface area contributed by atoms with Crippen molar-refractivity contribution in [2.75, 3.05) is 0 Å². The molecule has 0 aliphatic heterocycles. The highest BCUT2D eigenvalue weighted by Gasteiger charge is 2.28. The zero-order valence-electron chi connectivity index (χ0n) is 11.0. The summed E-state index contributed by atoms with van der Waals surface area (Å²) in [6, 6.07) is 17.0. The molecule has 0 saturated heterocycles. The zero-order valence-corrected chi connectivity index (χ0v) is 11.0. The Morgan fingerprint density at radius 2 is 1.60 bits per heavy atom. The van der Waals surface area contributed by atoms with Gasteiger partial charge in [0.05, 0.1) is 5.69 Å². The summed E-state index contributed by atoms with van der Waals surface area (Å²) >= 11 is 0. The second-order valence-electron chi connectivity index (χ2n) is 5.14. The van der Waals surface area contributed by atoms with Crippen molar-refractivity contribution < 1.29 is 0 Å². The van der Waals surface area contributed by atoms with Crippen LogP contribution < -0.4 is 0 Å². The van der Waals surface area contributed by atoms with Crippen molar-refractivity contribution in [3.8, 4) is 11.3 Å². The molecule has 96 valence electrons. The van der Waals surface area contributed by atoms with E-state index < -0.39 is 0 Å². The second-order valence-corrected chi connectivity index (χ2v) is 5.14. The van der Waals surface area contributed by atoms with E-state index in [-0.39, 0.29) is 0 Å². The van der Waals surface area contributed by atoms with Crippen molar-refractivity contribution in [3.63, 3.8) is 0 Å². The van der Waals surface area contributed by atoms with Crippen LogP contribution in [0.25, 0.3) is 11.3 Å². The molecule has 4 rings (SSSR count). The van der Waals surface area contributed by atoms with Crippen LogP contribution in [0.4, 0.5) is 0 Å². The molecule has 0 bridgehead atoms. The maximum Gasteiger partial charge on any atom is 0.0743 e. The highest BCUT2D eigenvalue weighted by atomic mass is 14.7. The van der Waals surface area contributed by atoms with Crippen LogP contribution >= 0.6 is 0 Å². The average molecular weight is 258 g/mol. The quantitative estimate of drug-likeness (QED) is 0.698. The molecule has 2 aromatic heterocycles. The van der Waals surface area contributed by atoms with Crippen molar-refractivity contribution in [3.05, 3.63) is 83.8 Å². The van der Waals surface area contributed by atoms with Crippen molar-refractivity contribution in [1.82, 2.24) is 9.97 Å². The van der Waals surface area contributed by atoms with Crippen LogP contribution in [0.2, 0.25) is 0 Å². The lowest BCUT2D eigenvalue weighted by atomic mass is 9.91. The summed E-state index contributed by atoms with van der Waals surface area (Å²) in [5, 5.41) is 0. The number of hydrogen-bond donors (Lipinski definition) is 0. The van der Waals surface area contributed by atoms with E-state index >= 15 is 0 Å². The molecule has 1 aliphatic rings. The SMILES string of the molecule is c1ccc2c(c1)-c1ncccc1[C@H]2Cc1ccncc1. The highest BCUT2D eigenvalue weighted by molar-refractivity contribution is 5.75. The maximum atomic E-state index is 4.58. The summed E-state index contributed by atoms with van der Waals surface area (Å²) in [4.78, 5) is 8.68. The Bertz CT molecular complexity index is 705. The van der Waals surface area contributed by atoms with E-state index in [0.717, 1.165) is 12.1 Å². The second kappa shape index (κ2) is 4.57. The van der Waals surface area contributed by atoms with Gasteiger partial charge in [-0.1, -0.05) is 30.3 Å². The normalized spacial score (nSPS) is 15.7. The Kier molecular flexibility index (Phi) is 2.59. The Morgan fingerprint density at radius 1 is 0.800 bits per heavy atom. The van der Waals surface area contributed by atoms with Gasteiger partial charge in [0.15, 0.2) is 0 Å². The first kappa shape index (κ1) is 11.4. The number of rotatable bonds is 2. The van der Waals surface area contributed by atoms with Crippen LogP contribution in [-0.4, -0.2) is 9.97 Å². The number of aromatic nitrogens is 2. The lowest BCUT2D eigenvalue weighted by Gasteiger charge is -2.13. The van der Waals surface area contributed by atoms with Gasteiger partial charge < -0.3 is 0 Å². The van der Waals surface area contributed by atoms with E-state index in [2.05, 4.69) is 52.4 Å². The van der Waals surface area contributed by atoms with Gasteiger partial charge in [-0.2, -0.15) is 0 Å². The lowest BCUT2D eigenvalue weighted by molar-refractivity contribution is 0.823. The molecule has 2 heteroatoms. The molecule has 2 nitrogen and oxygen atoms in total. The summed E-state index contributed by atoms with van der Waals surface area (Å²) < 4.78 is 0. The summed E-state index contributed by atoms with van der Waals surface area (Å²) in [5.74, 6) is 0.400. The fourth-order valence-corrected chi connectivity index (χ4v) is 3.08. The first-order valence-corrected chi connectivity index (χ1v) is 6.86. The number of fused-ring (bicyclic) bond motifs is 3. The van der Waals surface area contributed by atoms with Gasteiger partial charge in [0, 0.05) is 30.1 Å². The fourth-order valence-electron chi connectivity index (χ4n) is 3.08. The van der Waals surface area contributed by atoms with Gasteiger partial charge in [-0.3, -0.25) is 9.97 Å². The summed E-state index contributed by atoms with van der Waals surface area (Å²) in [6.45, 7) is 0. The summed E-state index contributed by atoms with van der Waals surface area (Å²) in [5.41, 5.74) is 6.46. The Labute approximate surface area is 118 Å². The molecule has 20 heavy (non-hydrogen) atoms. The zero-order chi connectivity index (χ0) is 13.4. The van der Waals surface area contributed by atoms with Crippen molar-refractivity contribution in [2.45, 2.75) is 12.3 Å². The Morgan fingerprint density at radius 3 is 2.50 bits per heavy atom. The average Bonchev–Trinajstić information content (AvgIpc) is 2.84. The van der Waals surface area contributed by atoms with Gasteiger partial charge in [-0.15, -0.1) is 0 Å².